The average Bonchev–Trinajstić information content (AvgIpc) is 2.73. The van der Waals surface area contributed by atoms with Crippen LogP contribution < -0.4 is 9.47 Å². The molecule has 1 aliphatic heterocycles. The Hall–Kier alpha value is -2.54. The summed E-state index contributed by atoms with van der Waals surface area (Å²) < 4.78 is 36.2. The van der Waals surface area contributed by atoms with Gasteiger partial charge in [-0.3, -0.25) is 4.79 Å². The molecule has 1 amide bonds. The van der Waals surface area contributed by atoms with Crippen LogP contribution >= 0.6 is 0 Å². The Morgan fingerprint density at radius 2 is 1.63 bits per heavy atom. The van der Waals surface area contributed by atoms with Gasteiger partial charge in [-0.05, 0) is 49.2 Å². The van der Waals surface area contributed by atoms with Crippen LogP contribution in [-0.2, 0) is 14.6 Å². The predicted octanol–water partition coefficient (Wildman–Crippen LogP) is 2.54. The van der Waals surface area contributed by atoms with E-state index in [1.807, 2.05) is 18.2 Å². The van der Waals surface area contributed by atoms with Crippen molar-refractivity contribution in [3.8, 4) is 11.5 Å². The number of benzene rings is 2. The molecule has 0 radical (unpaired) electrons. The summed E-state index contributed by atoms with van der Waals surface area (Å²) in [5.41, 5.74) is 0. The Kier molecular flexibility index (Phi) is 6.01. The highest BCUT2D eigenvalue weighted by Gasteiger charge is 2.32. The number of carbonyl (C=O) groups excluding carboxylic acids is 1. The molecule has 1 heterocycles. The van der Waals surface area contributed by atoms with Gasteiger partial charge in [0.1, 0.15) is 11.5 Å². The second-order valence-electron chi connectivity index (χ2n) is 6.40. The highest BCUT2D eigenvalue weighted by Crippen LogP contribution is 2.26. The largest absolute Gasteiger partial charge is 0.497 e. The molecule has 144 valence electrons. The van der Waals surface area contributed by atoms with E-state index >= 15 is 0 Å². The number of rotatable bonds is 6. The van der Waals surface area contributed by atoms with Crippen LogP contribution in [0.25, 0.3) is 0 Å². The molecule has 0 saturated carbocycles. The van der Waals surface area contributed by atoms with Crippen molar-refractivity contribution in [2.45, 2.75) is 23.0 Å². The van der Waals surface area contributed by atoms with Crippen LogP contribution in [0.2, 0.25) is 0 Å². The van der Waals surface area contributed by atoms with Gasteiger partial charge in [0.05, 0.1) is 17.3 Å². The van der Waals surface area contributed by atoms with E-state index in [1.165, 1.54) is 7.11 Å². The number of sulfone groups is 1. The van der Waals surface area contributed by atoms with Gasteiger partial charge < -0.3 is 14.4 Å². The summed E-state index contributed by atoms with van der Waals surface area (Å²) in [7, 11) is -1.88. The normalized spacial score (nSPS) is 15.4. The Labute approximate surface area is 159 Å². The van der Waals surface area contributed by atoms with Crippen molar-refractivity contribution < 1.29 is 22.7 Å². The van der Waals surface area contributed by atoms with Crippen molar-refractivity contribution in [1.82, 2.24) is 4.90 Å². The molecule has 0 spiro atoms. The monoisotopic (exact) mass is 389 g/mol. The van der Waals surface area contributed by atoms with Gasteiger partial charge in [-0.1, -0.05) is 18.2 Å². The standard InChI is InChI=1S/C20H23NO5S/c1-25-16-7-9-18(10-8-16)27(23,24)19-11-13-21(14-12-19)20(22)15-26-17-5-3-2-4-6-17/h2-10,19H,11-15H2,1H3. The minimum Gasteiger partial charge on any atom is -0.497 e. The van der Waals surface area contributed by atoms with Crippen LogP contribution in [0.1, 0.15) is 12.8 Å². The molecule has 0 unspecified atom stereocenters. The molecule has 2 aromatic carbocycles. The quantitative estimate of drug-likeness (QED) is 0.759. The number of methoxy groups -OCH3 is 1. The van der Waals surface area contributed by atoms with E-state index in [4.69, 9.17) is 9.47 Å². The van der Waals surface area contributed by atoms with E-state index in [0.717, 1.165) is 0 Å². The molecule has 7 heteroatoms. The van der Waals surface area contributed by atoms with Crippen molar-refractivity contribution >= 4 is 15.7 Å². The van der Waals surface area contributed by atoms with Gasteiger partial charge in [-0.15, -0.1) is 0 Å². The summed E-state index contributed by atoms with van der Waals surface area (Å²) in [6, 6.07) is 15.6. The fraction of sp³-hybridized carbons (Fsp3) is 0.350. The molecule has 0 aliphatic carbocycles. The van der Waals surface area contributed by atoms with Gasteiger partial charge in [0.15, 0.2) is 16.4 Å². The topological polar surface area (TPSA) is 72.9 Å². The van der Waals surface area contributed by atoms with Crippen LogP contribution in [0.3, 0.4) is 0 Å². The molecular formula is C20H23NO5S. The molecule has 2 aromatic rings. The van der Waals surface area contributed by atoms with E-state index in [2.05, 4.69) is 0 Å². The Bertz CT molecular complexity index is 857. The Balaban J connectivity index is 1.55. The van der Waals surface area contributed by atoms with Crippen molar-refractivity contribution in [2.24, 2.45) is 0 Å². The van der Waals surface area contributed by atoms with E-state index in [0.29, 0.717) is 42.3 Å². The third-order valence-electron chi connectivity index (χ3n) is 4.73. The smallest absolute Gasteiger partial charge is 0.260 e. The van der Waals surface area contributed by atoms with Crippen LogP contribution in [-0.4, -0.2) is 51.3 Å². The maximum Gasteiger partial charge on any atom is 0.260 e. The van der Waals surface area contributed by atoms with Crippen LogP contribution in [0, 0.1) is 0 Å². The maximum atomic E-state index is 12.8. The SMILES string of the molecule is COc1ccc(S(=O)(=O)C2CCN(C(=O)COc3ccccc3)CC2)cc1. The van der Waals surface area contributed by atoms with Crippen molar-refractivity contribution in [3.63, 3.8) is 0 Å². The predicted molar refractivity (Wildman–Crippen MR) is 102 cm³/mol. The molecule has 6 nitrogen and oxygen atoms in total. The molecule has 1 aliphatic rings. The maximum absolute atomic E-state index is 12.8. The number of likely N-dealkylation sites (tertiary alicyclic amines) is 1. The molecule has 27 heavy (non-hydrogen) atoms. The first-order chi connectivity index (χ1) is 13.0. The van der Waals surface area contributed by atoms with Crippen molar-refractivity contribution in [3.05, 3.63) is 54.6 Å². The van der Waals surface area contributed by atoms with Gasteiger partial charge >= 0.3 is 0 Å². The number of hydrogen-bond donors (Lipinski definition) is 0. The summed E-state index contributed by atoms with van der Waals surface area (Å²) in [6.07, 6.45) is 0.844. The van der Waals surface area contributed by atoms with Crippen molar-refractivity contribution in [1.29, 1.82) is 0 Å². The zero-order valence-electron chi connectivity index (χ0n) is 15.2. The molecule has 0 bridgehead atoms. The lowest BCUT2D eigenvalue weighted by molar-refractivity contribution is -0.134. The highest BCUT2D eigenvalue weighted by molar-refractivity contribution is 7.92. The molecule has 0 atom stereocenters. The minimum absolute atomic E-state index is 0.0418. The molecule has 3 rings (SSSR count). The van der Waals surface area contributed by atoms with E-state index in [-0.39, 0.29) is 12.5 Å². The van der Waals surface area contributed by atoms with Gasteiger partial charge in [0, 0.05) is 13.1 Å². The summed E-state index contributed by atoms with van der Waals surface area (Å²) in [5.74, 6) is 1.13. The molecule has 0 N–H and O–H groups in total. The van der Waals surface area contributed by atoms with Gasteiger partial charge in [-0.2, -0.15) is 0 Å². The van der Waals surface area contributed by atoms with Gasteiger partial charge in [-0.25, -0.2) is 8.42 Å². The summed E-state index contributed by atoms with van der Waals surface area (Å²) >= 11 is 0. The lowest BCUT2D eigenvalue weighted by Crippen LogP contribution is -2.44. The third kappa shape index (κ3) is 4.60. The summed E-state index contributed by atoms with van der Waals surface area (Å²) in [5, 5.41) is -0.481. The number of piperidine rings is 1. The Morgan fingerprint density at radius 1 is 1.00 bits per heavy atom. The van der Waals surface area contributed by atoms with E-state index in [1.54, 1.807) is 41.3 Å². The third-order valence-corrected chi connectivity index (χ3v) is 7.01. The molecule has 0 aromatic heterocycles. The van der Waals surface area contributed by atoms with Gasteiger partial charge in [0.2, 0.25) is 0 Å². The number of ether oxygens (including phenoxy) is 2. The number of hydrogen-bond acceptors (Lipinski definition) is 5. The van der Waals surface area contributed by atoms with Crippen LogP contribution in [0.4, 0.5) is 0 Å². The van der Waals surface area contributed by atoms with Crippen molar-refractivity contribution in [2.75, 3.05) is 26.8 Å². The number of para-hydroxylation sites is 1. The lowest BCUT2D eigenvalue weighted by atomic mass is 10.1. The first kappa shape index (κ1) is 19.2. The van der Waals surface area contributed by atoms with Crippen LogP contribution in [0.5, 0.6) is 11.5 Å². The fourth-order valence-corrected chi connectivity index (χ4v) is 4.86. The number of carbonyl (C=O) groups is 1. The minimum atomic E-state index is -3.42. The summed E-state index contributed by atoms with van der Waals surface area (Å²) in [4.78, 5) is 14.3. The second kappa shape index (κ2) is 8.43. The zero-order valence-corrected chi connectivity index (χ0v) is 16.0. The average molecular weight is 389 g/mol. The molecular weight excluding hydrogens is 366 g/mol. The molecule has 1 saturated heterocycles. The first-order valence-electron chi connectivity index (χ1n) is 8.84. The zero-order chi connectivity index (χ0) is 19.3. The summed E-state index contributed by atoms with van der Waals surface area (Å²) in [6.45, 7) is 0.786. The fourth-order valence-electron chi connectivity index (χ4n) is 3.13. The Morgan fingerprint density at radius 3 is 2.22 bits per heavy atom. The number of amides is 1. The molecule has 1 fully saturated rings. The first-order valence-corrected chi connectivity index (χ1v) is 10.4. The van der Waals surface area contributed by atoms with Gasteiger partial charge in [0.25, 0.3) is 5.91 Å². The lowest BCUT2D eigenvalue weighted by Gasteiger charge is -2.31. The van der Waals surface area contributed by atoms with E-state index in [9.17, 15) is 13.2 Å². The number of nitrogens with zero attached hydrogens (tertiary/aromatic N) is 1. The van der Waals surface area contributed by atoms with Crippen LogP contribution in [0.15, 0.2) is 59.5 Å². The second-order valence-corrected chi connectivity index (χ2v) is 8.63. The highest BCUT2D eigenvalue weighted by atomic mass is 32.2. The van der Waals surface area contributed by atoms with E-state index < -0.39 is 15.1 Å².